The van der Waals surface area contributed by atoms with Crippen LogP contribution in [0.2, 0.25) is 0 Å². The number of urea groups is 1. The molecule has 0 radical (unpaired) electrons. The zero-order chi connectivity index (χ0) is 19.2. The van der Waals surface area contributed by atoms with Crippen molar-refractivity contribution in [3.8, 4) is 0 Å². The monoisotopic (exact) mass is 373 g/mol. The number of hydrogen-bond acceptors (Lipinski definition) is 2. The van der Waals surface area contributed by atoms with Gasteiger partial charge in [0.25, 0.3) is 0 Å². The van der Waals surface area contributed by atoms with Crippen molar-refractivity contribution in [2.24, 2.45) is 5.92 Å². The molecular formula is C21H25F2N3O. The number of benzene rings is 2. The molecule has 6 heteroatoms. The number of hydrogen-bond donors (Lipinski definition) is 2. The predicted octanol–water partition coefficient (Wildman–Crippen LogP) is 4.07. The van der Waals surface area contributed by atoms with Crippen LogP contribution in [0.15, 0.2) is 48.5 Å². The van der Waals surface area contributed by atoms with Crippen molar-refractivity contribution in [3.63, 3.8) is 0 Å². The smallest absolute Gasteiger partial charge is 0.322 e. The summed E-state index contributed by atoms with van der Waals surface area (Å²) < 4.78 is 26.4. The van der Waals surface area contributed by atoms with Crippen LogP contribution in [0.25, 0.3) is 0 Å². The summed E-state index contributed by atoms with van der Waals surface area (Å²) >= 11 is 0. The van der Waals surface area contributed by atoms with Gasteiger partial charge in [0.1, 0.15) is 11.6 Å². The molecule has 2 amide bonds. The summed E-state index contributed by atoms with van der Waals surface area (Å²) in [4.78, 5) is 14.1. The molecule has 1 aliphatic heterocycles. The SMILES string of the molecule is CCN(C(=O)N[C@H]1CC[C@H](Cc2ccc(F)cc2)CN1)c1cccc(F)c1. The first-order valence-electron chi connectivity index (χ1n) is 9.36. The second-order valence-electron chi connectivity index (χ2n) is 6.91. The lowest BCUT2D eigenvalue weighted by Crippen LogP contribution is -2.54. The highest BCUT2D eigenvalue weighted by Crippen LogP contribution is 2.20. The number of piperidine rings is 1. The van der Waals surface area contributed by atoms with Crippen molar-refractivity contribution >= 4 is 11.7 Å². The van der Waals surface area contributed by atoms with Gasteiger partial charge in [-0.1, -0.05) is 18.2 Å². The summed E-state index contributed by atoms with van der Waals surface area (Å²) in [6.45, 7) is 3.10. The van der Waals surface area contributed by atoms with Crippen LogP contribution in [0.4, 0.5) is 19.3 Å². The van der Waals surface area contributed by atoms with Crippen LogP contribution >= 0.6 is 0 Å². The molecule has 0 saturated carbocycles. The maximum atomic E-state index is 13.4. The van der Waals surface area contributed by atoms with Crippen molar-refractivity contribution in [1.29, 1.82) is 0 Å². The molecule has 0 spiro atoms. The standard InChI is InChI=1S/C21H25F2N3O/c1-2-26(19-5-3-4-18(23)13-19)21(27)25-20-11-8-16(14-24-20)12-15-6-9-17(22)10-7-15/h3-7,9-10,13,16,20,24H,2,8,11-12,14H2,1H3,(H,25,27)/t16-,20+/m1/s1. The van der Waals surface area contributed by atoms with E-state index in [1.165, 1.54) is 29.2 Å². The van der Waals surface area contributed by atoms with E-state index in [4.69, 9.17) is 0 Å². The molecule has 1 saturated heterocycles. The van der Waals surface area contributed by atoms with Gasteiger partial charge >= 0.3 is 6.03 Å². The van der Waals surface area contributed by atoms with Gasteiger partial charge < -0.3 is 5.32 Å². The first kappa shape index (κ1) is 19.3. The highest BCUT2D eigenvalue weighted by atomic mass is 19.1. The topological polar surface area (TPSA) is 44.4 Å². The minimum Gasteiger partial charge on any atom is -0.322 e. The van der Waals surface area contributed by atoms with Crippen molar-refractivity contribution in [2.45, 2.75) is 32.4 Å². The van der Waals surface area contributed by atoms with E-state index in [9.17, 15) is 13.6 Å². The normalized spacial score (nSPS) is 19.5. The quantitative estimate of drug-likeness (QED) is 0.830. The second kappa shape index (κ2) is 8.95. The molecule has 0 unspecified atom stereocenters. The van der Waals surface area contributed by atoms with Crippen molar-refractivity contribution in [2.75, 3.05) is 18.0 Å². The van der Waals surface area contributed by atoms with Gasteiger partial charge in [0.15, 0.2) is 0 Å². The molecule has 0 bridgehead atoms. The zero-order valence-corrected chi connectivity index (χ0v) is 15.4. The molecule has 2 atom stereocenters. The minimum absolute atomic E-state index is 0.107. The van der Waals surface area contributed by atoms with Crippen LogP contribution in [0, 0.1) is 17.6 Å². The Balaban J connectivity index is 1.50. The molecule has 3 rings (SSSR count). The average Bonchev–Trinajstić information content (AvgIpc) is 2.66. The van der Waals surface area contributed by atoms with Gasteiger partial charge in [0, 0.05) is 18.8 Å². The summed E-state index contributed by atoms with van der Waals surface area (Å²) in [6.07, 6.45) is 2.57. The molecule has 0 aromatic heterocycles. The molecule has 2 aromatic rings. The van der Waals surface area contributed by atoms with E-state index in [0.29, 0.717) is 18.2 Å². The molecule has 1 fully saturated rings. The van der Waals surface area contributed by atoms with E-state index in [1.54, 1.807) is 12.1 Å². The van der Waals surface area contributed by atoms with Crippen molar-refractivity contribution < 1.29 is 13.6 Å². The molecule has 27 heavy (non-hydrogen) atoms. The highest BCUT2D eigenvalue weighted by Gasteiger charge is 2.24. The van der Waals surface area contributed by atoms with Gasteiger partial charge in [-0.25, -0.2) is 13.6 Å². The molecule has 2 N–H and O–H groups in total. The van der Waals surface area contributed by atoms with Gasteiger partial charge in [0.05, 0.1) is 6.17 Å². The van der Waals surface area contributed by atoms with Crippen molar-refractivity contribution in [1.82, 2.24) is 10.6 Å². The fraction of sp³-hybridized carbons (Fsp3) is 0.381. The van der Waals surface area contributed by atoms with Gasteiger partial charge in [-0.05, 0) is 68.0 Å². The molecule has 144 valence electrons. The lowest BCUT2D eigenvalue weighted by molar-refractivity contribution is 0.228. The van der Waals surface area contributed by atoms with E-state index >= 15 is 0 Å². The Bertz CT molecular complexity index is 758. The van der Waals surface area contributed by atoms with E-state index in [2.05, 4.69) is 10.6 Å². The molecule has 4 nitrogen and oxygen atoms in total. The Morgan fingerprint density at radius 1 is 1.15 bits per heavy atom. The molecule has 0 aliphatic carbocycles. The average molecular weight is 373 g/mol. The fourth-order valence-corrected chi connectivity index (χ4v) is 3.48. The minimum atomic E-state index is -0.363. The zero-order valence-electron chi connectivity index (χ0n) is 15.4. The molecular weight excluding hydrogens is 348 g/mol. The maximum absolute atomic E-state index is 13.4. The number of halogens is 2. The lowest BCUT2D eigenvalue weighted by atomic mass is 9.91. The van der Waals surface area contributed by atoms with Crippen LogP contribution < -0.4 is 15.5 Å². The van der Waals surface area contributed by atoms with E-state index in [-0.39, 0.29) is 23.8 Å². The van der Waals surface area contributed by atoms with Gasteiger partial charge in [0.2, 0.25) is 0 Å². The summed E-state index contributed by atoms with van der Waals surface area (Å²) in [7, 11) is 0. The summed E-state index contributed by atoms with van der Waals surface area (Å²) in [6, 6.07) is 12.4. The first-order valence-corrected chi connectivity index (χ1v) is 9.36. The molecule has 1 heterocycles. The van der Waals surface area contributed by atoms with E-state index in [0.717, 1.165) is 31.4 Å². The van der Waals surface area contributed by atoms with Crippen LogP contribution in [-0.2, 0) is 6.42 Å². The van der Waals surface area contributed by atoms with Crippen molar-refractivity contribution in [3.05, 3.63) is 65.7 Å². The third kappa shape index (κ3) is 5.26. The molecule has 2 aromatic carbocycles. The van der Waals surface area contributed by atoms with Crippen LogP contribution in [-0.4, -0.2) is 25.3 Å². The number of amides is 2. The van der Waals surface area contributed by atoms with Gasteiger partial charge in [-0.2, -0.15) is 0 Å². The lowest BCUT2D eigenvalue weighted by Gasteiger charge is -2.32. The number of anilines is 1. The molecule has 1 aliphatic rings. The van der Waals surface area contributed by atoms with E-state index in [1.807, 2.05) is 19.1 Å². The highest BCUT2D eigenvalue weighted by molar-refractivity contribution is 5.92. The van der Waals surface area contributed by atoms with Crippen LogP contribution in [0.1, 0.15) is 25.3 Å². The fourth-order valence-electron chi connectivity index (χ4n) is 3.48. The Morgan fingerprint density at radius 2 is 1.93 bits per heavy atom. The Labute approximate surface area is 158 Å². The number of carbonyl (C=O) groups excluding carboxylic acids is 1. The Hall–Kier alpha value is -2.47. The number of rotatable bonds is 5. The summed E-state index contributed by atoms with van der Waals surface area (Å²) in [5.74, 6) is -0.130. The largest absolute Gasteiger partial charge is 0.323 e. The van der Waals surface area contributed by atoms with Gasteiger partial charge in [-0.3, -0.25) is 10.2 Å². The number of nitrogens with one attached hydrogen (secondary N) is 2. The number of carbonyl (C=O) groups is 1. The predicted molar refractivity (Wildman–Crippen MR) is 103 cm³/mol. The summed E-state index contributed by atoms with van der Waals surface area (Å²) in [5.41, 5.74) is 1.66. The van der Waals surface area contributed by atoms with Crippen LogP contribution in [0.3, 0.4) is 0 Å². The first-order chi connectivity index (χ1) is 13.0. The van der Waals surface area contributed by atoms with Gasteiger partial charge in [-0.15, -0.1) is 0 Å². The Kier molecular flexibility index (Phi) is 6.40. The van der Waals surface area contributed by atoms with Crippen LogP contribution in [0.5, 0.6) is 0 Å². The Morgan fingerprint density at radius 3 is 2.56 bits per heavy atom. The third-order valence-corrected chi connectivity index (χ3v) is 4.93. The second-order valence-corrected chi connectivity index (χ2v) is 6.91. The summed E-state index contributed by atoms with van der Waals surface area (Å²) in [5, 5.41) is 6.35. The van der Waals surface area contributed by atoms with E-state index < -0.39 is 0 Å². The maximum Gasteiger partial charge on any atom is 0.323 e. The third-order valence-electron chi connectivity index (χ3n) is 4.93. The number of nitrogens with zero attached hydrogens (tertiary/aromatic N) is 1.